The lowest BCUT2D eigenvalue weighted by Gasteiger charge is -2.05. The van der Waals surface area contributed by atoms with Gasteiger partial charge in [0, 0.05) is 19.0 Å². The standard InChI is InChI=1S/C15H20ClNO2/c1-11(16)15(19)14-8-6-13(7-9-14)5-3-4-10-17-12(2)18/h6-9,11H,3-5,10H2,1-2H3,(H,17,18). The van der Waals surface area contributed by atoms with Gasteiger partial charge in [-0.3, -0.25) is 9.59 Å². The molecule has 0 aliphatic heterocycles. The highest BCUT2D eigenvalue weighted by Crippen LogP contribution is 2.11. The first-order valence-corrected chi connectivity index (χ1v) is 6.96. The SMILES string of the molecule is CC(=O)NCCCCc1ccc(C(=O)C(C)Cl)cc1. The van der Waals surface area contributed by atoms with Crippen LogP contribution in [0.15, 0.2) is 24.3 Å². The molecule has 1 rings (SSSR count). The van der Waals surface area contributed by atoms with Crippen molar-refractivity contribution in [1.29, 1.82) is 0 Å². The van der Waals surface area contributed by atoms with E-state index >= 15 is 0 Å². The lowest BCUT2D eigenvalue weighted by atomic mass is 10.0. The van der Waals surface area contributed by atoms with E-state index in [4.69, 9.17) is 11.6 Å². The first kappa shape index (κ1) is 15.7. The molecule has 3 nitrogen and oxygen atoms in total. The number of carbonyl (C=O) groups is 2. The van der Waals surface area contributed by atoms with Gasteiger partial charge in [0.05, 0.1) is 5.38 Å². The van der Waals surface area contributed by atoms with Gasteiger partial charge in [-0.05, 0) is 31.7 Å². The fraction of sp³-hybridized carbons (Fsp3) is 0.467. The zero-order valence-corrected chi connectivity index (χ0v) is 12.2. The summed E-state index contributed by atoms with van der Waals surface area (Å²) in [5, 5.41) is 2.29. The summed E-state index contributed by atoms with van der Waals surface area (Å²) < 4.78 is 0. The van der Waals surface area contributed by atoms with Crippen molar-refractivity contribution in [2.75, 3.05) is 6.54 Å². The lowest BCUT2D eigenvalue weighted by molar-refractivity contribution is -0.118. The third kappa shape index (κ3) is 5.88. The average molecular weight is 282 g/mol. The summed E-state index contributed by atoms with van der Waals surface area (Å²) in [6.07, 6.45) is 2.92. The highest BCUT2D eigenvalue weighted by molar-refractivity contribution is 6.33. The third-order valence-electron chi connectivity index (χ3n) is 2.87. The molecule has 0 spiro atoms. The molecule has 0 aliphatic rings. The van der Waals surface area contributed by atoms with Crippen molar-refractivity contribution in [2.45, 2.75) is 38.5 Å². The lowest BCUT2D eigenvalue weighted by Crippen LogP contribution is -2.20. The minimum Gasteiger partial charge on any atom is -0.356 e. The Morgan fingerprint density at radius 2 is 1.84 bits per heavy atom. The normalized spacial score (nSPS) is 11.9. The smallest absolute Gasteiger partial charge is 0.216 e. The number of amides is 1. The minimum absolute atomic E-state index is 0.0121. The maximum absolute atomic E-state index is 11.6. The van der Waals surface area contributed by atoms with Crippen LogP contribution in [0.4, 0.5) is 0 Å². The fourth-order valence-corrected chi connectivity index (χ4v) is 1.91. The number of ketones is 1. The summed E-state index contributed by atoms with van der Waals surface area (Å²) in [4.78, 5) is 22.3. The number of hydrogen-bond acceptors (Lipinski definition) is 2. The maximum atomic E-state index is 11.6. The molecule has 0 fully saturated rings. The number of rotatable bonds is 7. The molecule has 0 aliphatic carbocycles. The molecule has 19 heavy (non-hydrogen) atoms. The Bertz CT molecular complexity index is 426. The van der Waals surface area contributed by atoms with Gasteiger partial charge in [-0.15, -0.1) is 11.6 Å². The minimum atomic E-state index is -0.483. The van der Waals surface area contributed by atoms with E-state index in [-0.39, 0.29) is 11.7 Å². The van der Waals surface area contributed by atoms with Gasteiger partial charge in [-0.1, -0.05) is 24.3 Å². The number of carbonyl (C=O) groups excluding carboxylic acids is 2. The summed E-state index contributed by atoms with van der Waals surface area (Å²) in [5.41, 5.74) is 1.85. The monoisotopic (exact) mass is 281 g/mol. The van der Waals surface area contributed by atoms with E-state index in [1.807, 2.05) is 24.3 Å². The average Bonchev–Trinajstić information content (AvgIpc) is 2.37. The first-order valence-electron chi connectivity index (χ1n) is 6.52. The van der Waals surface area contributed by atoms with Crippen molar-refractivity contribution in [3.8, 4) is 0 Å². The van der Waals surface area contributed by atoms with E-state index in [9.17, 15) is 9.59 Å². The van der Waals surface area contributed by atoms with Crippen LogP contribution in [0.25, 0.3) is 0 Å². The Hall–Kier alpha value is -1.35. The van der Waals surface area contributed by atoms with Crippen molar-refractivity contribution in [2.24, 2.45) is 0 Å². The zero-order chi connectivity index (χ0) is 14.3. The summed E-state index contributed by atoms with van der Waals surface area (Å²) in [6, 6.07) is 7.57. The van der Waals surface area contributed by atoms with Gasteiger partial charge in [-0.2, -0.15) is 0 Å². The van der Waals surface area contributed by atoms with Gasteiger partial charge in [0.2, 0.25) is 5.91 Å². The highest BCUT2D eigenvalue weighted by Gasteiger charge is 2.11. The predicted molar refractivity (Wildman–Crippen MR) is 77.7 cm³/mol. The fourth-order valence-electron chi connectivity index (χ4n) is 1.78. The molecule has 1 aromatic carbocycles. The van der Waals surface area contributed by atoms with Gasteiger partial charge in [-0.25, -0.2) is 0 Å². The zero-order valence-electron chi connectivity index (χ0n) is 11.4. The van der Waals surface area contributed by atoms with Gasteiger partial charge >= 0.3 is 0 Å². The summed E-state index contributed by atoms with van der Waals surface area (Å²) in [7, 11) is 0. The van der Waals surface area contributed by atoms with Crippen molar-refractivity contribution >= 4 is 23.3 Å². The van der Waals surface area contributed by atoms with Crippen molar-refractivity contribution in [1.82, 2.24) is 5.32 Å². The summed E-state index contributed by atoms with van der Waals surface area (Å²) >= 11 is 5.76. The topological polar surface area (TPSA) is 46.2 Å². The second-order valence-electron chi connectivity index (χ2n) is 4.62. The van der Waals surface area contributed by atoms with E-state index in [2.05, 4.69) is 5.32 Å². The van der Waals surface area contributed by atoms with Crippen LogP contribution >= 0.6 is 11.6 Å². The van der Waals surface area contributed by atoms with E-state index in [1.165, 1.54) is 12.5 Å². The second kappa shape index (κ2) is 7.95. The number of hydrogen-bond donors (Lipinski definition) is 1. The molecule has 0 aromatic heterocycles. The molecule has 1 N–H and O–H groups in total. The third-order valence-corrected chi connectivity index (χ3v) is 3.06. The van der Waals surface area contributed by atoms with E-state index in [0.717, 1.165) is 25.8 Å². The number of unbranched alkanes of at least 4 members (excludes halogenated alkanes) is 1. The molecule has 1 aromatic rings. The number of benzene rings is 1. The highest BCUT2D eigenvalue weighted by atomic mass is 35.5. The van der Waals surface area contributed by atoms with Crippen LogP contribution in [0.1, 0.15) is 42.6 Å². The molecule has 0 heterocycles. The number of halogens is 1. The molecular formula is C15H20ClNO2. The molecule has 1 atom stereocenters. The largest absolute Gasteiger partial charge is 0.356 e. The van der Waals surface area contributed by atoms with Crippen molar-refractivity contribution < 1.29 is 9.59 Å². The number of alkyl halides is 1. The van der Waals surface area contributed by atoms with E-state index < -0.39 is 5.38 Å². The molecule has 1 amide bonds. The number of aryl methyl sites for hydroxylation is 1. The molecule has 0 bridgehead atoms. The van der Waals surface area contributed by atoms with Crippen LogP contribution in [0.2, 0.25) is 0 Å². The summed E-state index contributed by atoms with van der Waals surface area (Å²) in [5.74, 6) is -0.0306. The van der Waals surface area contributed by atoms with Crippen LogP contribution in [0, 0.1) is 0 Å². The summed E-state index contributed by atoms with van der Waals surface area (Å²) in [6.45, 7) is 3.92. The molecule has 104 valence electrons. The Morgan fingerprint density at radius 1 is 1.21 bits per heavy atom. The van der Waals surface area contributed by atoms with Crippen LogP contribution in [-0.2, 0) is 11.2 Å². The quantitative estimate of drug-likeness (QED) is 0.474. The van der Waals surface area contributed by atoms with Gasteiger partial charge < -0.3 is 5.32 Å². The maximum Gasteiger partial charge on any atom is 0.216 e. The molecule has 0 radical (unpaired) electrons. The Balaban J connectivity index is 2.36. The number of Topliss-reactive ketones (excluding diaryl/α,β-unsaturated/α-hetero) is 1. The molecule has 0 saturated carbocycles. The van der Waals surface area contributed by atoms with Crippen LogP contribution in [-0.4, -0.2) is 23.6 Å². The first-order chi connectivity index (χ1) is 9.00. The van der Waals surface area contributed by atoms with Crippen molar-refractivity contribution in [3.63, 3.8) is 0 Å². The van der Waals surface area contributed by atoms with Crippen LogP contribution in [0.3, 0.4) is 0 Å². The van der Waals surface area contributed by atoms with E-state index in [1.54, 1.807) is 6.92 Å². The molecule has 0 saturated heterocycles. The van der Waals surface area contributed by atoms with Crippen LogP contribution < -0.4 is 5.32 Å². The van der Waals surface area contributed by atoms with E-state index in [0.29, 0.717) is 5.56 Å². The van der Waals surface area contributed by atoms with Gasteiger partial charge in [0.15, 0.2) is 5.78 Å². The Morgan fingerprint density at radius 3 is 2.37 bits per heavy atom. The Kier molecular flexibility index (Phi) is 6.57. The second-order valence-corrected chi connectivity index (χ2v) is 5.27. The van der Waals surface area contributed by atoms with Crippen LogP contribution in [0.5, 0.6) is 0 Å². The number of nitrogens with one attached hydrogen (secondary N) is 1. The predicted octanol–water partition coefficient (Wildman–Crippen LogP) is 2.96. The van der Waals surface area contributed by atoms with Crippen molar-refractivity contribution in [3.05, 3.63) is 35.4 Å². The molecule has 4 heteroatoms. The molecular weight excluding hydrogens is 262 g/mol. The van der Waals surface area contributed by atoms with Gasteiger partial charge in [0.25, 0.3) is 0 Å². The van der Waals surface area contributed by atoms with Gasteiger partial charge in [0.1, 0.15) is 0 Å². The Labute approximate surface area is 119 Å². The molecule has 1 unspecified atom stereocenters.